The summed E-state index contributed by atoms with van der Waals surface area (Å²) < 4.78 is 18.1. The van der Waals surface area contributed by atoms with E-state index in [-0.39, 0.29) is 5.82 Å². The first-order valence-electron chi connectivity index (χ1n) is 4.83. The lowest BCUT2D eigenvalue weighted by atomic mass is 10.2. The molecule has 0 atom stereocenters. The summed E-state index contributed by atoms with van der Waals surface area (Å²) >= 11 is 11.6. The van der Waals surface area contributed by atoms with Crippen molar-refractivity contribution in [3.05, 3.63) is 58.1 Å². The monoisotopic (exact) mass is 271 g/mol. The minimum Gasteiger partial charge on any atom is -0.487 e. The van der Waals surface area contributed by atoms with E-state index in [4.69, 9.17) is 27.9 Å². The Labute approximate surface area is 108 Å². The molecule has 88 valence electrons. The summed E-state index contributed by atoms with van der Waals surface area (Å²) in [5.41, 5.74) is 0.843. The Morgan fingerprint density at radius 2 is 1.88 bits per heavy atom. The molecular formula is C12H8Cl2FNO. The lowest BCUT2D eigenvalue weighted by molar-refractivity contribution is 0.306. The maximum absolute atomic E-state index is 12.7. The third kappa shape index (κ3) is 3.32. The number of hydrogen-bond donors (Lipinski definition) is 0. The molecule has 0 aliphatic heterocycles. The van der Waals surface area contributed by atoms with Crippen LogP contribution < -0.4 is 4.74 Å². The molecule has 0 unspecified atom stereocenters. The van der Waals surface area contributed by atoms with Gasteiger partial charge < -0.3 is 4.74 Å². The first-order valence-corrected chi connectivity index (χ1v) is 5.59. The Balaban J connectivity index is 2.07. The van der Waals surface area contributed by atoms with E-state index in [0.717, 1.165) is 5.56 Å². The van der Waals surface area contributed by atoms with Gasteiger partial charge in [-0.1, -0.05) is 35.3 Å². The highest BCUT2D eigenvalue weighted by molar-refractivity contribution is 6.33. The zero-order valence-electron chi connectivity index (χ0n) is 8.66. The molecule has 0 fully saturated rings. The van der Waals surface area contributed by atoms with Crippen molar-refractivity contribution in [2.45, 2.75) is 6.61 Å². The topological polar surface area (TPSA) is 22.1 Å². The van der Waals surface area contributed by atoms with Crippen LogP contribution in [0.5, 0.6) is 5.75 Å². The van der Waals surface area contributed by atoms with Crippen molar-refractivity contribution in [2.75, 3.05) is 0 Å². The summed E-state index contributed by atoms with van der Waals surface area (Å²) in [4.78, 5) is 3.81. The van der Waals surface area contributed by atoms with E-state index in [0.29, 0.717) is 22.5 Å². The fourth-order valence-electron chi connectivity index (χ4n) is 1.25. The summed E-state index contributed by atoms with van der Waals surface area (Å²) in [7, 11) is 0. The molecule has 0 saturated carbocycles. The Kier molecular flexibility index (Phi) is 3.82. The molecule has 17 heavy (non-hydrogen) atoms. The number of pyridine rings is 1. The van der Waals surface area contributed by atoms with Gasteiger partial charge in [0.25, 0.3) is 0 Å². The van der Waals surface area contributed by atoms with Crippen molar-refractivity contribution in [2.24, 2.45) is 0 Å². The van der Waals surface area contributed by atoms with Crippen LogP contribution in [-0.2, 0) is 6.61 Å². The summed E-state index contributed by atoms with van der Waals surface area (Å²) in [6.07, 6.45) is 1.42. The van der Waals surface area contributed by atoms with E-state index in [9.17, 15) is 4.39 Å². The molecule has 0 N–H and O–H groups in total. The largest absolute Gasteiger partial charge is 0.487 e. The van der Waals surface area contributed by atoms with Crippen LogP contribution in [0.15, 0.2) is 36.5 Å². The van der Waals surface area contributed by atoms with Gasteiger partial charge in [0.05, 0.1) is 6.20 Å². The van der Waals surface area contributed by atoms with Crippen LogP contribution in [0.4, 0.5) is 4.39 Å². The lowest BCUT2D eigenvalue weighted by Crippen LogP contribution is -1.96. The first kappa shape index (κ1) is 12.1. The second-order valence-electron chi connectivity index (χ2n) is 3.35. The van der Waals surface area contributed by atoms with Crippen LogP contribution in [0.1, 0.15) is 5.56 Å². The van der Waals surface area contributed by atoms with Crippen molar-refractivity contribution in [1.82, 2.24) is 4.98 Å². The molecule has 1 heterocycles. The van der Waals surface area contributed by atoms with Crippen molar-refractivity contribution in [3.8, 4) is 5.75 Å². The van der Waals surface area contributed by atoms with Crippen LogP contribution >= 0.6 is 23.2 Å². The smallest absolute Gasteiger partial charge is 0.143 e. The normalized spacial score (nSPS) is 10.3. The zero-order chi connectivity index (χ0) is 12.3. The Morgan fingerprint density at radius 3 is 2.59 bits per heavy atom. The van der Waals surface area contributed by atoms with Crippen molar-refractivity contribution in [1.29, 1.82) is 0 Å². The molecule has 2 rings (SSSR count). The summed E-state index contributed by atoms with van der Waals surface area (Å²) in [5, 5.41) is 0.694. The van der Waals surface area contributed by atoms with E-state index in [1.165, 1.54) is 24.4 Å². The molecule has 2 aromatic rings. The van der Waals surface area contributed by atoms with Gasteiger partial charge in [-0.25, -0.2) is 9.37 Å². The van der Waals surface area contributed by atoms with Gasteiger partial charge >= 0.3 is 0 Å². The maximum atomic E-state index is 12.7. The molecule has 0 spiro atoms. The fraction of sp³-hybridized carbons (Fsp3) is 0.0833. The molecule has 0 radical (unpaired) electrons. The van der Waals surface area contributed by atoms with E-state index in [1.807, 2.05) is 0 Å². The highest BCUT2D eigenvalue weighted by atomic mass is 35.5. The van der Waals surface area contributed by atoms with Crippen LogP contribution in [0.2, 0.25) is 10.2 Å². The van der Waals surface area contributed by atoms with Crippen molar-refractivity contribution >= 4 is 23.2 Å². The van der Waals surface area contributed by atoms with E-state index >= 15 is 0 Å². The maximum Gasteiger partial charge on any atom is 0.143 e. The number of aromatic nitrogens is 1. The van der Waals surface area contributed by atoms with Gasteiger partial charge in [-0.05, 0) is 17.7 Å². The molecule has 5 heteroatoms. The minimum atomic E-state index is -0.279. The van der Waals surface area contributed by atoms with E-state index < -0.39 is 0 Å². The average molecular weight is 272 g/mol. The standard InChI is InChI=1S/C12H8Cl2FNO/c13-10-6-16-12(14)5-11(10)17-7-8-1-3-9(15)4-2-8/h1-6H,7H2. The molecule has 0 saturated heterocycles. The number of rotatable bonds is 3. The Morgan fingerprint density at radius 1 is 1.18 bits per heavy atom. The van der Waals surface area contributed by atoms with Gasteiger partial charge in [0.15, 0.2) is 0 Å². The summed E-state index contributed by atoms with van der Waals surface area (Å²) in [5.74, 6) is 0.176. The van der Waals surface area contributed by atoms with E-state index in [2.05, 4.69) is 4.98 Å². The van der Waals surface area contributed by atoms with Crippen LogP contribution in [0.25, 0.3) is 0 Å². The number of ether oxygens (including phenoxy) is 1. The van der Waals surface area contributed by atoms with Gasteiger partial charge in [-0.2, -0.15) is 0 Å². The molecule has 0 aliphatic carbocycles. The quantitative estimate of drug-likeness (QED) is 0.784. The predicted octanol–water partition coefficient (Wildman–Crippen LogP) is 4.11. The molecule has 0 aliphatic rings. The van der Waals surface area contributed by atoms with E-state index in [1.54, 1.807) is 12.1 Å². The van der Waals surface area contributed by atoms with Gasteiger partial charge in [0, 0.05) is 6.07 Å². The minimum absolute atomic E-state index is 0.279. The second kappa shape index (κ2) is 5.34. The van der Waals surface area contributed by atoms with Crippen LogP contribution in [-0.4, -0.2) is 4.98 Å². The number of nitrogens with zero attached hydrogens (tertiary/aromatic N) is 1. The molecule has 0 amide bonds. The van der Waals surface area contributed by atoms with Crippen LogP contribution in [0.3, 0.4) is 0 Å². The molecule has 1 aromatic heterocycles. The molecule has 0 bridgehead atoms. The molecular weight excluding hydrogens is 264 g/mol. The van der Waals surface area contributed by atoms with Crippen LogP contribution in [0, 0.1) is 5.82 Å². The Hall–Kier alpha value is -1.32. The lowest BCUT2D eigenvalue weighted by Gasteiger charge is -2.07. The van der Waals surface area contributed by atoms with Crippen molar-refractivity contribution in [3.63, 3.8) is 0 Å². The second-order valence-corrected chi connectivity index (χ2v) is 4.15. The Bertz CT molecular complexity index is 516. The fourth-order valence-corrected chi connectivity index (χ4v) is 1.55. The molecule has 2 nitrogen and oxygen atoms in total. The molecule has 1 aromatic carbocycles. The van der Waals surface area contributed by atoms with Crippen molar-refractivity contribution < 1.29 is 9.13 Å². The summed E-state index contributed by atoms with van der Waals surface area (Å²) in [6, 6.07) is 7.57. The number of halogens is 3. The third-order valence-corrected chi connectivity index (χ3v) is 2.58. The van der Waals surface area contributed by atoms with Gasteiger partial charge in [0.1, 0.15) is 28.3 Å². The SMILES string of the molecule is Fc1ccc(COc2cc(Cl)ncc2Cl)cc1. The highest BCUT2D eigenvalue weighted by Gasteiger charge is 2.04. The average Bonchev–Trinajstić information content (AvgIpc) is 2.32. The van der Waals surface area contributed by atoms with Gasteiger partial charge in [-0.3, -0.25) is 0 Å². The number of hydrogen-bond acceptors (Lipinski definition) is 2. The summed E-state index contributed by atoms with van der Waals surface area (Å²) in [6.45, 7) is 0.292. The highest BCUT2D eigenvalue weighted by Crippen LogP contribution is 2.26. The van der Waals surface area contributed by atoms with Gasteiger partial charge in [-0.15, -0.1) is 0 Å². The predicted molar refractivity (Wildman–Crippen MR) is 65.0 cm³/mol. The first-order chi connectivity index (χ1) is 8.15. The third-order valence-electron chi connectivity index (χ3n) is 2.09. The number of benzene rings is 1. The van der Waals surface area contributed by atoms with Gasteiger partial charge in [0.2, 0.25) is 0 Å². The zero-order valence-corrected chi connectivity index (χ0v) is 10.2.